The Morgan fingerprint density at radius 3 is 2.52 bits per heavy atom. The fourth-order valence-corrected chi connectivity index (χ4v) is 4.43. The summed E-state index contributed by atoms with van der Waals surface area (Å²) in [7, 11) is 5.27. The van der Waals surface area contributed by atoms with Gasteiger partial charge in [-0.25, -0.2) is 4.39 Å². The maximum Gasteiger partial charge on any atom is 0.165 e. The highest BCUT2D eigenvalue weighted by atomic mass is 35.5. The lowest BCUT2D eigenvalue weighted by Crippen LogP contribution is -2.46. The first-order valence-corrected chi connectivity index (χ1v) is 10.5. The second-order valence-corrected chi connectivity index (χ2v) is 7.92. The molecule has 1 aliphatic heterocycles. The van der Waals surface area contributed by atoms with E-state index in [1.165, 1.54) is 7.11 Å². The smallest absolute Gasteiger partial charge is 0.165 e. The van der Waals surface area contributed by atoms with Crippen molar-refractivity contribution in [3.8, 4) is 11.5 Å². The van der Waals surface area contributed by atoms with Gasteiger partial charge in [-0.15, -0.1) is 0 Å². The Kier molecular flexibility index (Phi) is 7.25. The highest BCUT2D eigenvalue weighted by Crippen LogP contribution is 2.36. The lowest BCUT2D eigenvalue weighted by atomic mass is 9.91. The molecule has 0 radical (unpaired) electrons. The normalized spacial score (nSPS) is 19.8. The summed E-state index contributed by atoms with van der Waals surface area (Å²) >= 11 is 6.19. The minimum atomic E-state index is -0.302. The molecule has 0 aromatic heterocycles. The summed E-state index contributed by atoms with van der Waals surface area (Å²) in [5, 5.41) is 0.615. The Hall–Kier alpha value is -1.98. The number of ether oxygens (including phenoxy) is 2. The molecule has 2 aromatic carbocycles. The van der Waals surface area contributed by atoms with Crippen LogP contribution in [0.4, 0.5) is 10.1 Å². The van der Waals surface area contributed by atoms with E-state index in [0.29, 0.717) is 16.8 Å². The van der Waals surface area contributed by atoms with Gasteiger partial charge in [0.1, 0.15) is 5.75 Å². The third-order valence-corrected chi connectivity index (χ3v) is 6.27. The van der Waals surface area contributed by atoms with Gasteiger partial charge in [-0.05, 0) is 63.1 Å². The van der Waals surface area contributed by atoms with Crippen molar-refractivity contribution in [2.75, 3.05) is 39.3 Å². The molecule has 2 unspecified atom stereocenters. The molecule has 0 saturated carbocycles. The quantitative estimate of drug-likeness (QED) is 0.586. The van der Waals surface area contributed by atoms with Gasteiger partial charge in [0.25, 0.3) is 0 Å². The Balaban J connectivity index is 1.77. The third kappa shape index (κ3) is 4.78. The number of rotatable bonds is 7. The fraction of sp³-hybridized carbons (Fsp3) is 0.478. The number of likely N-dealkylation sites (tertiary alicyclic amines) is 1. The summed E-state index contributed by atoms with van der Waals surface area (Å²) < 4.78 is 24.7. The number of hydrogen-bond acceptors (Lipinski definition) is 4. The number of nitrogens with zero attached hydrogens (tertiary/aromatic N) is 2. The minimum absolute atomic E-state index is 0.201. The van der Waals surface area contributed by atoms with Crippen LogP contribution in [-0.4, -0.2) is 45.3 Å². The number of methoxy groups -OCH3 is 2. The van der Waals surface area contributed by atoms with Gasteiger partial charge in [0.2, 0.25) is 0 Å². The first-order chi connectivity index (χ1) is 14.0. The number of piperidine rings is 1. The topological polar surface area (TPSA) is 24.9 Å². The van der Waals surface area contributed by atoms with E-state index in [2.05, 4.69) is 23.8 Å². The Labute approximate surface area is 178 Å². The molecule has 1 saturated heterocycles. The van der Waals surface area contributed by atoms with Crippen molar-refractivity contribution in [3.05, 3.63) is 52.8 Å². The molecule has 1 aliphatic rings. The summed E-state index contributed by atoms with van der Waals surface area (Å²) in [6.07, 6.45) is 3.27. The molecule has 0 N–H and O–H groups in total. The van der Waals surface area contributed by atoms with E-state index in [1.54, 1.807) is 19.2 Å². The van der Waals surface area contributed by atoms with Gasteiger partial charge in [-0.2, -0.15) is 0 Å². The number of halogens is 2. The van der Waals surface area contributed by atoms with E-state index < -0.39 is 0 Å². The molecule has 0 spiro atoms. The largest absolute Gasteiger partial charge is 0.495 e. The number of likely N-dealkylation sites (N-methyl/N-ethyl adjacent to an activating group) is 2. The predicted octanol–water partition coefficient (Wildman–Crippen LogP) is 5.55. The third-order valence-electron chi connectivity index (χ3n) is 5.96. The Bertz CT molecular complexity index is 833. The molecule has 0 bridgehead atoms. The van der Waals surface area contributed by atoms with Gasteiger partial charge in [0.05, 0.1) is 19.2 Å². The van der Waals surface area contributed by atoms with Gasteiger partial charge >= 0.3 is 0 Å². The lowest BCUT2D eigenvalue weighted by Gasteiger charge is -2.42. The number of benzene rings is 2. The van der Waals surface area contributed by atoms with Crippen molar-refractivity contribution in [1.82, 2.24) is 4.90 Å². The van der Waals surface area contributed by atoms with Crippen molar-refractivity contribution in [2.24, 2.45) is 0 Å². The van der Waals surface area contributed by atoms with E-state index in [0.717, 1.165) is 43.6 Å². The molecule has 3 rings (SSSR count). The summed E-state index contributed by atoms with van der Waals surface area (Å²) in [4.78, 5) is 4.73. The SMILES string of the molecule is CCN(CC1CCCC(c2ccc(OC)c(F)c2)N1C)c1ccc(Cl)c(OC)c1. The van der Waals surface area contributed by atoms with Crippen molar-refractivity contribution in [2.45, 2.75) is 38.3 Å². The van der Waals surface area contributed by atoms with Crippen LogP contribution in [0.2, 0.25) is 5.02 Å². The van der Waals surface area contributed by atoms with Crippen LogP contribution < -0.4 is 14.4 Å². The predicted molar refractivity (Wildman–Crippen MR) is 117 cm³/mol. The zero-order chi connectivity index (χ0) is 21.0. The monoisotopic (exact) mass is 420 g/mol. The van der Waals surface area contributed by atoms with Crippen LogP contribution in [0.25, 0.3) is 0 Å². The second-order valence-electron chi connectivity index (χ2n) is 7.52. The molecule has 2 aromatic rings. The van der Waals surface area contributed by atoms with Crippen LogP contribution >= 0.6 is 11.6 Å². The molecule has 1 heterocycles. The molecule has 0 amide bonds. The highest BCUT2D eigenvalue weighted by molar-refractivity contribution is 6.32. The molecule has 1 fully saturated rings. The van der Waals surface area contributed by atoms with Crippen LogP contribution in [0.5, 0.6) is 11.5 Å². The van der Waals surface area contributed by atoms with Crippen LogP contribution in [0.3, 0.4) is 0 Å². The summed E-state index contributed by atoms with van der Waals surface area (Å²) in [6, 6.07) is 11.8. The maximum absolute atomic E-state index is 14.2. The van der Waals surface area contributed by atoms with Gasteiger partial charge in [0, 0.05) is 36.9 Å². The molecule has 0 aliphatic carbocycles. The van der Waals surface area contributed by atoms with E-state index in [1.807, 2.05) is 24.3 Å². The first-order valence-electron chi connectivity index (χ1n) is 10.1. The molecule has 6 heteroatoms. The second kappa shape index (κ2) is 9.68. The molecule has 4 nitrogen and oxygen atoms in total. The first kappa shape index (κ1) is 21.7. The zero-order valence-corrected chi connectivity index (χ0v) is 18.4. The minimum Gasteiger partial charge on any atom is -0.495 e. The number of anilines is 1. The molecule has 29 heavy (non-hydrogen) atoms. The van der Waals surface area contributed by atoms with Crippen molar-refractivity contribution < 1.29 is 13.9 Å². The van der Waals surface area contributed by atoms with Crippen LogP contribution in [0.1, 0.15) is 37.8 Å². The van der Waals surface area contributed by atoms with Gasteiger partial charge < -0.3 is 14.4 Å². The standard InChI is InChI=1S/C23H30ClFN2O2/c1-5-27(17-10-11-19(24)23(14-17)29-4)15-18-7-6-8-21(26(18)2)16-9-12-22(28-3)20(25)13-16/h9-14,18,21H,5-8,15H2,1-4H3. The summed E-state index contributed by atoms with van der Waals surface area (Å²) in [5.41, 5.74) is 2.10. The highest BCUT2D eigenvalue weighted by Gasteiger charge is 2.30. The number of hydrogen-bond donors (Lipinski definition) is 0. The molecule has 158 valence electrons. The van der Waals surface area contributed by atoms with Gasteiger partial charge in [0.15, 0.2) is 11.6 Å². The molecule has 2 atom stereocenters. The maximum atomic E-state index is 14.2. The van der Waals surface area contributed by atoms with E-state index in [9.17, 15) is 4.39 Å². The average Bonchev–Trinajstić information content (AvgIpc) is 2.73. The average molecular weight is 421 g/mol. The molecular weight excluding hydrogens is 391 g/mol. The van der Waals surface area contributed by atoms with Crippen molar-refractivity contribution in [1.29, 1.82) is 0 Å². The van der Waals surface area contributed by atoms with Crippen molar-refractivity contribution >= 4 is 17.3 Å². The Morgan fingerprint density at radius 1 is 1.10 bits per heavy atom. The Morgan fingerprint density at radius 2 is 1.86 bits per heavy atom. The fourth-order valence-electron chi connectivity index (χ4n) is 4.24. The van der Waals surface area contributed by atoms with E-state index >= 15 is 0 Å². The lowest BCUT2D eigenvalue weighted by molar-refractivity contribution is 0.118. The molecular formula is C23H30ClFN2O2. The zero-order valence-electron chi connectivity index (χ0n) is 17.6. The van der Waals surface area contributed by atoms with Crippen LogP contribution in [0.15, 0.2) is 36.4 Å². The van der Waals surface area contributed by atoms with Crippen LogP contribution in [-0.2, 0) is 0 Å². The van der Waals surface area contributed by atoms with E-state index in [-0.39, 0.29) is 17.6 Å². The van der Waals surface area contributed by atoms with Crippen LogP contribution in [0, 0.1) is 5.82 Å². The van der Waals surface area contributed by atoms with E-state index in [4.69, 9.17) is 21.1 Å². The summed E-state index contributed by atoms with van der Waals surface area (Å²) in [5.74, 6) is 0.674. The van der Waals surface area contributed by atoms with Gasteiger partial charge in [-0.3, -0.25) is 4.90 Å². The van der Waals surface area contributed by atoms with Crippen molar-refractivity contribution in [3.63, 3.8) is 0 Å². The van der Waals surface area contributed by atoms with Gasteiger partial charge in [-0.1, -0.05) is 17.7 Å². The summed E-state index contributed by atoms with van der Waals surface area (Å²) in [6.45, 7) is 3.93.